The molecule has 0 heterocycles. The molecule has 0 spiro atoms. The molecule has 0 fully saturated rings. The van der Waals surface area contributed by atoms with Crippen LogP contribution in [0.15, 0.2) is 0 Å². The summed E-state index contributed by atoms with van der Waals surface area (Å²) in [5.74, 6) is -116. The third-order valence-corrected chi connectivity index (χ3v) is 15.8. The highest BCUT2D eigenvalue weighted by Gasteiger charge is 2.98. The molecule has 45 heteroatoms. The Morgan fingerprint density at radius 3 is 0.603 bits per heavy atom. The van der Waals surface area contributed by atoms with Crippen LogP contribution < -0.4 is 0 Å². The first-order chi connectivity index (χ1) is 28.5. The molecule has 0 N–H and O–H groups in total. The highest BCUT2D eigenvalue weighted by molar-refractivity contribution is 8.33. The minimum atomic E-state index is -9.33. The van der Waals surface area contributed by atoms with Crippen molar-refractivity contribution in [3.05, 3.63) is 0 Å². The van der Waals surface area contributed by atoms with Crippen molar-refractivity contribution in [2.24, 2.45) is 0 Å². The number of hydrogen-bond acceptors (Lipinski definition) is 7. The summed E-state index contributed by atoms with van der Waals surface area (Å²) >= 11 is 0. The van der Waals surface area contributed by atoms with E-state index in [-0.39, 0.29) is 25.0 Å². The Bertz CT molecular complexity index is 1960. The molecule has 0 aromatic rings. The van der Waals surface area contributed by atoms with E-state index < -0.39 is 152 Å². The van der Waals surface area contributed by atoms with Gasteiger partial charge in [0.2, 0.25) is 0 Å². The molecule has 0 aliphatic heterocycles. The van der Waals surface area contributed by atoms with Gasteiger partial charge in [-0.3, -0.25) is 4.79 Å². The second-order valence-corrected chi connectivity index (χ2v) is 23.9. The van der Waals surface area contributed by atoms with E-state index in [4.69, 9.17) is 0 Å². The van der Waals surface area contributed by atoms with Gasteiger partial charge in [-0.2, -0.15) is 166 Å². The van der Waals surface area contributed by atoms with Gasteiger partial charge in [0.1, 0.15) is 0 Å². The Labute approximate surface area is 355 Å². The molecule has 0 aliphatic carbocycles. The summed E-state index contributed by atoms with van der Waals surface area (Å²) in [6, 6.07) is 0. The number of carbonyl (C=O) groups excluding carboxylic acids is 1. The van der Waals surface area contributed by atoms with E-state index in [0.29, 0.717) is 0 Å². The first kappa shape index (κ1) is 65.8. The molecule has 0 rings (SSSR count). The molecule has 0 saturated carbocycles. The molecule has 0 aromatic carbocycles. The summed E-state index contributed by atoms with van der Waals surface area (Å²) in [5.41, 5.74) is 0. The zero-order chi connectivity index (χ0) is 56.4. The maximum atomic E-state index is 14.4. The molecule has 412 valence electrons. The van der Waals surface area contributed by atoms with E-state index >= 15 is 0 Å². The van der Waals surface area contributed by atoms with Gasteiger partial charge in [0, 0.05) is 0 Å². The minimum Gasteiger partial charge on any atom is -0.298 e. The molecule has 7 nitrogen and oxygen atoms in total. The average molecular weight is 1180 g/mol. The summed E-state index contributed by atoms with van der Waals surface area (Å²) < 4.78 is 515. The fourth-order valence-corrected chi connectivity index (χ4v) is 11.8. The van der Waals surface area contributed by atoms with Gasteiger partial charge in [0.15, 0.2) is 5.78 Å². The fourth-order valence-electron chi connectivity index (χ4n) is 4.05. The van der Waals surface area contributed by atoms with Gasteiger partial charge in [-0.1, -0.05) is 0 Å². The van der Waals surface area contributed by atoms with Gasteiger partial charge < -0.3 is 0 Å². The number of carbonyl (C=O) groups is 1. The highest BCUT2D eigenvalue weighted by atomic mass is 32.3. The second kappa shape index (κ2) is 16.9. The zero-order valence-corrected chi connectivity index (χ0v) is 34.5. The lowest BCUT2D eigenvalue weighted by Crippen LogP contribution is -2.75. The van der Waals surface area contributed by atoms with Crippen molar-refractivity contribution in [2.75, 3.05) is 36.5 Å². The van der Waals surface area contributed by atoms with Crippen LogP contribution in [0.3, 0.4) is 0 Å². The molecule has 0 aromatic heterocycles. The van der Waals surface area contributed by atoms with Crippen LogP contribution in [0.25, 0.3) is 0 Å². The lowest BCUT2D eigenvalue weighted by Gasteiger charge is -2.43. The monoisotopic (exact) mass is 1180 g/mol. The first-order valence-corrected chi connectivity index (χ1v) is 22.7. The van der Waals surface area contributed by atoms with Crippen LogP contribution in [-0.2, 0) is 32.3 Å². The summed E-state index contributed by atoms with van der Waals surface area (Å²) in [6.07, 6.45) is -17.2. The predicted octanol–water partition coefficient (Wildman–Crippen LogP) is 11.1. The Morgan fingerprint density at radius 1 is 0.294 bits per heavy atom. The Kier molecular flexibility index (Phi) is 16.4. The van der Waals surface area contributed by atoms with E-state index in [1.54, 1.807) is 0 Å². The second-order valence-electron chi connectivity index (χ2n) is 13.7. The summed E-state index contributed by atoms with van der Waals surface area (Å²) in [6.45, 7) is 0. The number of Topliss-reactive ketones (excluding diaryl/α,β-unsaturated/α-hetero) is 1. The average Bonchev–Trinajstić information content (AvgIpc) is 3.04. The van der Waals surface area contributed by atoms with Gasteiger partial charge in [-0.15, -0.1) is 20.6 Å². The van der Waals surface area contributed by atoms with Gasteiger partial charge in [0.05, 0.1) is 11.5 Å². The van der Waals surface area contributed by atoms with Crippen LogP contribution in [0, 0.1) is 0 Å². The SMILES string of the molecule is CS(C)(CC(=O)CS(C)(C)OS(=O)(=O)C(F)(F)C(F)(F)C(F)(F)C(F)(F)C(F)(F)C(F)(F)C(F)(F)C(F)(F)F)OS(=O)(=O)C(F)(F)C(F)(F)C(F)(F)C(F)(F)C(F)(F)C(F)(F)C(F)(F)C(F)(F)F. The van der Waals surface area contributed by atoms with Crippen molar-refractivity contribution < 1.29 is 178 Å². The maximum absolute atomic E-state index is 14.4. The number of alkyl halides is 34. The number of hydrogen-bond donors (Lipinski definition) is 0. The Hall–Kier alpha value is -2.19. The maximum Gasteiger partial charge on any atom is 0.460 e. The molecular formula is C23H16F34O7S4. The molecule has 0 saturated heterocycles. The van der Waals surface area contributed by atoms with Crippen LogP contribution in [0.2, 0.25) is 0 Å². The Balaban J connectivity index is 6.92. The summed E-state index contributed by atoms with van der Waals surface area (Å²) in [5, 5.41) is -16.8. The Morgan fingerprint density at radius 2 is 0.441 bits per heavy atom. The molecule has 68 heavy (non-hydrogen) atoms. The fraction of sp³-hybridized carbons (Fsp3) is 0.957. The number of halogens is 34. The molecule has 0 unspecified atom stereocenters. The molecular weight excluding hydrogens is 1160 g/mol. The standard InChI is InChI=1S/C23H16F34O7S4/c1-65(2,63-67(59,60)22(54,55)18(44,45)14(36,37)10(28,29)8(24,25)12(32,33)16(40,41)20(48,49)50)5-7(58)6-66(3,4)64-68(61,62)23(56,57)19(46,47)15(38,39)11(30,31)9(26,27)13(34,35)17(42,43)21(51,52)53/h5-6H2,1-4H3. The van der Waals surface area contributed by atoms with E-state index in [2.05, 4.69) is 7.26 Å². The summed E-state index contributed by atoms with van der Waals surface area (Å²) in [4.78, 5) is 12.4. The largest absolute Gasteiger partial charge is 0.460 e. The highest BCUT2D eigenvalue weighted by Crippen LogP contribution is 2.67. The van der Waals surface area contributed by atoms with Gasteiger partial charge in [-0.05, 0) is 25.0 Å². The minimum absolute atomic E-state index is 0.210. The third kappa shape index (κ3) is 9.38. The molecule has 0 amide bonds. The van der Waals surface area contributed by atoms with Crippen LogP contribution in [0.1, 0.15) is 0 Å². The smallest absolute Gasteiger partial charge is 0.298 e. The van der Waals surface area contributed by atoms with Crippen molar-refractivity contribution in [1.29, 1.82) is 0 Å². The van der Waals surface area contributed by atoms with E-state index in [9.17, 15) is 171 Å². The van der Waals surface area contributed by atoms with Gasteiger partial charge in [-0.25, -0.2) is 7.26 Å². The summed E-state index contributed by atoms with van der Waals surface area (Å²) in [7, 11) is -26.9. The van der Waals surface area contributed by atoms with Crippen LogP contribution >= 0.6 is 20.6 Å². The van der Waals surface area contributed by atoms with E-state index in [1.807, 2.05) is 0 Å². The van der Waals surface area contributed by atoms with Crippen molar-refractivity contribution in [2.45, 2.75) is 93.9 Å². The van der Waals surface area contributed by atoms with Crippen molar-refractivity contribution in [3.8, 4) is 0 Å². The van der Waals surface area contributed by atoms with E-state index in [0.717, 1.165) is 0 Å². The van der Waals surface area contributed by atoms with Crippen LogP contribution in [0.5, 0.6) is 0 Å². The predicted molar refractivity (Wildman–Crippen MR) is 155 cm³/mol. The van der Waals surface area contributed by atoms with Crippen molar-refractivity contribution >= 4 is 46.6 Å². The first-order valence-electron chi connectivity index (χ1n) is 14.8. The van der Waals surface area contributed by atoms with E-state index in [1.165, 1.54) is 0 Å². The molecule has 0 radical (unpaired) electrons. The van der Waals surface area contributed by atoms with Crippen molar-refractivity contribution in [1.82, 2.24) is 0 Å². The third-order valence-electron chi connectivity index (χ3n) is 7.58. The lowest BCUT2D eigenvalue weighted by atomic mass is 9.91. The lowest BCUT2D eigenvalue weighted by molar-refractivity contribution is -0.458. The zero-order valence-electron chi connectivity index (χ0n) is 31.3. The number of rotatable bonds is 22. The molecule has 0 aliphatic rings. The molecule has 0 atom stereocenters. The topological polar surface area (TPSA) is 104 Å². The van der Waals surface area contributed by atoms with Gasteiger partial charge >= 0.3 is 114 Å². The quantitative estimate of drug-likeness (QED) is 0.0995. The van der Waals surface area contributed by atoms with Crippen molar-refractivity contribution in [3.63, 3.8) is 0 Å². The normalized spacial score (nSPS) is 17.4. The number of ketones is 1. The van der Waals surface area contributed by atoms with Crippen LogP contribution in [-0.4, -0.2) is 153 Å². The van der Waals surface area contributed by atoms with Gasteiger partial charge in [0.25, 0.3) is 0 Å². The molecule has 0 bridgehead atoms. The van der Waals surface area contributed by atoms with Crippen LogP contribution in [0.4, 0.5) is 149 Å².